The van der Waals surface area contributed by atoms with Crippen LogP contribution in [0.25, 0.3) is 11.1 Å². The third-order valence-electron chi connectivity index (χ3n) is 2.98. The van der Waals surface area contributed by atoms with Crippen molar-refractivity contribution in [2.45, 2.75) is 11.8 Å². The van der Waals surface area contributed by atoms with Crippen LogP contribution in [0.2, 0.25) is 0 Å². The molecule has 0 aliphatic heterocycles. The molecule has 0 spiro atoms. The zero-order valence-electron chi connectivity index (χ0n) is 11.3. The summed E-state index contributed by atoms with van der Waals surface area (Å²) in [6.07, 6.45) is 0. The second kappa shape index (κ2) is 5.06. The van der Waals surface area contributed by atoms with Crippen molar-refractivity contribution in [2.24, 2.45) is 0 Å². The van der Waals surface area contributed by atoms with Gasteiger partial charge in [0.2, 0.25) is 0 Å². The highest BCUT2D eigenvalue weighted by Gasteiger charge is 2.20. The standard InChI is InChI=1S/C14H10F2N2O3S/c1-8-17-12-6-5-9(7-13(12)21-8)22(19,20)18-14-10(15)3-2-4-11(14)16/h2-7,18H,1H3. The van der Waals surface area contributed by atoms with Gasteiger partial charge in [-0.05, 0) is 24.3 Å². The molecule has 0 saturated carbocycles. The summed E-state index contributed by atoms with van der Waals surface area (Å²) >= 11 is 0. The minimum atomic E-state index is -4.16. The Kier molecular flexibility index (Phi) is 3.32. The van der Waals surface area contributed by atoms with Crippen LogP contribution in [-0.2, 0) is 10.0 Å². The number of para-hydroxylation sites is 1. The Labute approximate surface area is 124 Å². The van der Waals surface area contributed by atoms with Crippen molar-refractivity contribution < 1.29 is 21.6 Å². The normalized spacial score (nSPS) is 11.8. The molecule has 2 aromatic carbocycles. The van der Waals surface area contributed by atoms with Crippen molar-refractivity contribution in [2.75, 3.05) is 4.72 Å². The molecule has 0 saturated heterocycles. The molecular formula is C14H10F2N2O3S. The number of hydrogen-bond donors (Lipinski definition) is 1. The van der Waals surface area contributed by atoms with E-state index < -0.39 is 27.3 Å². The van der Waals surface area contributed by atoms with Crippen LogP contribution in [0.1, 0.15) is 5.89 Å². The Morgan fingerprint density at radius 1 is 1.14 bits per heavy atom. The van der Waals surface area contributed by atoms with Gasteiger partial charge in [0.25, 0.3) is 10.0 Å². The first kappa shape index (κ1) is 14.5. The van der Waals surface area contributed by atoms with Crippen LogP contribution in [0.15, 0.2) is 45.7 Å². The van der Waals surface area contributed by atoms with Gasteiger partial charge in [0.05, 0.1) is 4.90 Å². The third-order valence-corrected chi connectivity index (χ3v) is 4.32. The van der Waals surface area contributed by atoms with Crippen molar-refractivity contribution in [3.05, 3.63) is 53.9 Å². The lowest BCUT2D eigenvalue weighted by Gasteiger charge is -2.09. The minimum absolute atomic E-state index is 0.182. The molecule has 114 valence electrons. The first-order valence-corrected chi connectivity index (χ1v) is 7.69. The molecule has 8 heteroatoms. The van der Waals surface area contributed by atoms with E-state index in [1.807, 2.05) is 4.72 Å². The Hall–Kier alpha value is -2.48. The highest BCUT2D eigenvalue weighted by Crippen LogP contribution is 2.24. The van der Waals surface area contributed by atoms with Gasteiger partial charge in [-0.15, -0.1) is 0 Å². The molecule has 3 rings (SSSR count). The molecular weight excluding hydrogens is 314 g/mol. The monoisotopic (exact) mass is 324 g/mol. The zero-order valence-corrected chi connectivity index (χ0v) is 12.1. The van der Waals surface area contributed by atoms with E-state index >= 15 is 0 Å². The Morgan fingerprint density at radius 2 is 1.82 bits per heavy atom. The summed E-state index contributed by atoms with van der Waals surface area (Å²) in [5.41, 5.74) is 0.0410. The van der Waals surface area contributed by atoms with Crippen molar-refractivity contribution >= 4 is 26.8 Å². The molecule has 22 heavy (non-hydrogen) atoms. The summed E-state index contributed by atoms with van der Waals surface area (Å²) < 4.78 is 58.8. The van der Waals surface area contributed by atoms with Crippen molar-refractivity contribution in [3.63, 3.8) is 0 Å². The van der Waals surface area contributed by atoms with Crippen molar-refractivity contribution in [1.82, 2.24) is 4.98 Å². The summed E-state index contributed by atoms with van der Waals surface area (Å²) in [4.78, 5) is 3.86. The number of sulfonamides is 1. The summed E-state index contributed by atoms with van der Waals surface area (Å²) in [6, 6.07) is 7.06. The van der Waals surface area contributed by atoms with E-state index in [2.05, 4.69) is 4.98 Å². The number of anilines is 1. The summed E-state index contributed by atoms with van der Waals surface area (Å²) in [7, 11) is -4.16. The van der Waals surface area contributed by atoms with Crippen LogP contribution in [0.5, 0.6) is 0 Å². The molecule has 0 aliphatic rings. The smallest absolute Gasteiger partial charge is 0.262 e. The van der Waals surface area contributed by atoms with Gasteiger partial charge in [-0.3, -0.25) is 4.72 Å². The lowest BCUT2D eigenvalue weighted by molar-refractivity contribution is 0.559. The highest BCUT2D eigenvalue weighted by atomic mass is 32.2. The van der Waals surface area contributed by atoms with Gasteiger partial charge in [-0.25, -0.2) is 22.2 Å². The van der Waals surface area contributed by atoms with E-state index in [9.17, 15) is 17.2 Å². The van der Waals surface area contributed by atoms with Gasteiger partial charge in [-0.1, -0.05) is 6.07 Å². The maximum atomic E-state index is 13.6. The number of hydrogen-bond acceptors (Lipinski definition) is 4. The minimum Gasteiger partial charge on any atom is -0.441 e. The maximum Gasteiger partial charge on any atom is 0.262 e. The predicted molar refractivity (Wildman–Crippen MR) is 75.9 cm³/mol. The largest absolute Gasteiger partial charge is 0.441 e. The molecule has 0 unspecified atom stereocenters. The summed E-state index contributed by atoms with van der Waals surface area (Å²) in [5, 5.41) is 0. The molecule has 0 aliphatic carbocycles. The van der Waals surface area contributed by atoms with Gasteiger partial charge in [0, 0.05) is 13.0 Å². The molecule has 1 N–H and O–H groups in total. The Balaban J connectivity index is 2.04. The molecule has 1 heterocycles. The lowest BCUT2D eigenvalue weighted by Crippen LogP contribution is -2.15. The summed E-state index contributed by atoms with van der Waals surface area (Å²) in [5.74, 6) is -1.61. The van der Waals surface area contributed by atoms with E-state index in [-0.39, 0.29) is 10.5 Å². The average Bonchev–Trinajstić information content (AvgIpc) is 2.82. The molecule has 3 aromatic rings. The molecule has 0 radical (unpaired) electrons. The second-order valence-electron chi connectivity index (χ2n) is 4.56. The Morgan fingerprint density at radius 3 is 2.50 bits per heavy atom. The number of halogens is 2. The van der Waals surface area contributed by atoms with Crippen LogP contribution in [0.4, 0.5) is 14.5 Å². The van der Waals surface area contributed by atoms with Gasteiger partial charge >= 0.3 is 0 Å². The van der Waals surface area contributed by atoms with Crippen LogP contribution in [-0.4, -0.2) is 13.4 Å². The van der Waals surface area contributed by atoms with Gasteiger partial charge in [-0.2, -0.15) is 0 Å². The van der Waals surface area contributed by atoms with Crippen molar-refractivity contribution in [3.8, 4) is 0 Å². The second-order valence-corrected chi connectivity index (χ2v) is 6.25. The number of fused-ring (bicyclic) bond motifs is 1. The van der Waals surface area contributed by atoms with Crippen LogP contribution < -0.4 is 4.72 Å². The maximum absolute atomic E-state index is 13.6. The fourth-order valence-corrected chi connectivity index (χ4v) is 3.07. The molecule has 0 atom stereocenters. The molecule has 5 nitrogen and oxygen atoms in total. The van der Waals surface area contributed by atoms with E-state index in [1.54, 1.807) is 6.92 Å². The van der Waals surface area contributed by atoms with Gasteiger partial charge < -0.3 is 4.42 Å². The predicted octanol–water partition coefficient (Wildman–Crippen LogP) is 3.22. The number of aryl methyl sites for hydroxylation is 1. The zero-order chi connectivity index (χ0) is 15.9. The van der Waals surface area contributed by atoms with Crippen LogP contribution >= 0.6 is 0 Å². The van der Waals surface area contributed by atoms with Gasteiger partial charge in [0.1, 0.15) is 22.8 Å². The third kappa shape index (κ3) is 2.52. The van der Waals surface area contributed by atoms with Crippen molar-refractivity contribution in [1.29, 1.82) is 0 Å². The van der Waals surface area contributed by atoms with Crippen LogP contribution in [0.3, 0.4) is 0 Å². The molecule has 0 fully saturated rings. The fourth-order valence-electron chi connectivity index (χ4n) is 1.98. The first-order valence-electron chi connectivity index (χ1n) is 6.21. The number of rotatable bonds is 3. The quantitative estimate of drug-likeness (QED) is 0.803. The van der Waals surface area contributed by atoms with E-state index in [1.165, 1.54) is 18.2 Å². The topological polar surface area (TPSA) is 72.2 Å². The average molecular weight is 324 g/mol. The number of oxazole rings is 1. The lowest BCUT2D eigenvalue weighted by atomic mass is 10.3. The van der Waals surface area contributed by atoms with Gasteiger partial charge in [0.15, 0.2) is 11.5 Å². The highest BCUT2D eigenvalue weighted by molar-refractivity contribution is 7.92. The summed E-state index contributed by atoms with van der Waals surface area (Å²) in [6.45, 7) is 1.63. The van der Waals surface area contributed by atoms with Crippen LogP contribution in [0, 0.1) is 18.6 Å². The Bertz CT molecular complexity index is 947. The molecule has 0 bridgehead atoms. The van der Waals surface area contributed by atoms with E-state index in [4.69, 9.17) is 4.42 Å². The molecule has 0 amide bonds. The number of aromatic nitrogens is 1. The van der Waals surface area contributed by atoms with E-state index in [0.29, 0.717) is 11.4 Å². The SMILES string of the molecule is Cc1nc2ccc(S(=O)(=O)Nc3c(F)cccc3F)cc2o1. The molecule has 1 aromatic heterocycles. The van der Waals surface area contributed by atoms with E-state index in [0.717, 1.165) is 18.2 Å². The number of nitrogens with zero attached hydrogens (tertiary/aromatic N) is 1. The first-order chi connectivity index (χ1) is 10.4. The number of nitrogens with one attached hydrogen (secondary N) is 1. The fraction of sp³-hybridized carbons (Fsp3) is 0.0714. The number of benzene rings is 2.